The number of carboxylic acids is 1. The van der Waals surface area contributed by atoms with Crippen LogP contribution in [0, 0.1) is 17.3 Å². The van der Waals surface area contributed by atoms with Crippen molar-refractivity contribution in [3.8, 4) is 0 Å². The molecule has 18 heavy (non-hydrogen) atoms. The largest absolute Gasteiger partial charge is 0.481 e. The highest BCUT2D eigenvalue weighted by atomic mass is 19.4. The summed E-state index contributed by atoms with van der Waals surface area (Å²) in [6, 6.07) is 0. The topological polar surface area (TPSA) is 57.5 Å². The molecule has 0 aromatic carbocycles. The molecule has 1 aliphatic rings. The summed E-state index contributed by atoms with van der Waals surface area (Å²) in [5, 5.41) is 17.8. The lowest BCUT2D eigenvalue weighted by molar-refractivity contribution is -0.302. The number of halogens is 5. The Labute approximate surface area is 99.6 Å². The van der Waals surface area contributed by atoms with Crippen LogP contribution in [0.25, 0.3) is 0 Å². The molecule has 3 nitrogen and oxygen atoms in total. The van der Waals surface area contributed by atoms with Gasteiger partial charge in [0, 0.05) is 0 Å². The Morgan fingerprint density at radius 1 is 1.33 bits per heavy atom. The van der Waals surface area contributed by atoms with Crippen molar-refractivity contribution in [2.24, 2.45) is 17.3 Å². The van der Waals surface area contributed by atoms with Crippen LogP contribution in [0.3, 0.4) is 0 Å². The van der Waals surface area contributed by atoms with E-state index in [4.69, 9.17) is 10.2 Å². The van der Waals surface area contributed by atoms with Gasteiger partial charge < -0.3 is 10.2 Å². The van der Waals surface area contributed by atoms with E-state index in [9.17, 15) is 26.7 Å². The molecule has 0 heterocycles. The number of alkyl halides is 5. The first-order valence-corrected chi connectivity index (χ1v) is 5.15. The fourth-order valence-corrected chi connectivity index (χ4v) is 2.28. The lowest BCUT2D eigenvalue weighted by Crippen LogP contribution is -2.52. The summed E-state index contributed by atoms with van der Waals surface area (Å²) in [4.78, 5) is 10.7. The van der Waals surface area contributed by atoms with Gasteiger partial charge in [-0.2, -0.15) is 13.2 Å². The Morgan fingerprint density at radius 3 is 2.00 bits per heavy atom. The first-order chi connectivity index (χ1) is 7.85. The fourth-order valence-electron chi connectivity index (χ4n) is 2.28. The zero-order valence-corrected chi connectivity index (χ0v) is 9.63. The molecule has 2 N–H and O–H groups in total. The van der Waals surface area contributed by atoms with Gasteiger partial charge in [-0.15, -0.1) is 0 Å². The van der Waals surface area contributed by atoms with Gasteiger partial charge in [-0.05, 0) is 17.8 Å². The lowest BCUT2D eigenvalue weighted by Gasteiger charge is -2.30. The van der Waals surface area contributed by atoms with Crippen LogP contribution < -0.4 is 0 Å². The molecule has 1 fully saturated rings. The van der Waals surface area contributed by atoms with Gasteiger partial charge in [-0.3, -0.25) is 4.79 Å². The maximum absolute atomic E-state index is 12.4. The quantitative estimate of drug-likeness (QED) is 0.774. The summed E-state index contributed by atoms with van der Waals surface area (Å²) >= 11 is 0. The summed E-state index contributed by atoms with van der Waals surface area (Å²) in [6.07, 6.45) is -10.8. The van der Waals surface area contributed by atoms with E-state index in [0.29, 0.717) is 0 Å². The minimum Gasteiger partial charge on any atom is -0.481 e. The van der Waals surface area contributed by atoms with E-state index in [2.05, 4.69) is 0 Å². The maximum Gasteiger partial charge on any atom is 0.422 e. The van der Waals surface area contributed by atoms with E-state index >= 15 is 0 Å². The van der Waals surface area contributed by atoms with Crippen LogP contribution in [-0.4, -0.2) is 34.4 Å². The molecule has 1 aliphatic carbocycles. The minimum atomic E-state index is -5.50. The van der Waals surface area contributed by atoms with E-state index in [-0.39, 0.29) is 0 Å². The number of aliphatic hydroxyl groups is 1. The highest BCUT2D eigenvalue weighted by Gasteiger charge is 2.69. The molecule has 0 spiro atoms. The zero-order chi connectivity index (χ0) is 14.5. The van der Waals surface area contributed by atoms with Crippen molar-refractivity contribution >= 4 is 5.97 Å². The first kappa shape index (κ1) is 15.1. The van der Waals surface area contributed by atoms with E-state index < -0.39 is 47.8 Å². The van der Waals surface area contributed by atoms with Gasteiger partial charge in [-0.1, -0.05) is 13.8 Å². The van der Waals surface area contributed by atoms with Crippen molar-refractivity contribution in [3.63, 3.8) is 0 Å². The van der Waals surface area contributed by atoms with Crippen molar-refractivity contribution in [1.29, 1.82) is 0 Å². The van der Waals surface area contributed by atoms with Crippen molar-refractivity contribution in [2.75, 3.05) is 0 Å². The summed E-state index contributed by atoms with van der Waals surface area (Å²) in [5.74, 6) is -3.62. The summed E-state index contributed by atoms with van der Waals surface area (Å²) in [7, 11) is 0. The second kappa shape index (κ2) is 4.04. The second-order valence-electron chi connectivity index (χ2n) is 5.17. The minimum absolute atomic E-state index is 1.03. The Morgan fingerprint density at radius 2 is 1.78 bits per heavy atom. The zero-order valence-electron chi connectivity index (χ0n) is 9.63. The van der Waals surface area contributed by atoms with Crippen LogP contribution in [0.4, 0.5) is 22.0 Å². The molecule has 0 bridgehead atoms. The highest BCUT2D eigenvalue weighted by Crippen LogP contribution is 2.62. The average Bonchev–Trinajstić information content (AvgIpc) is 2.65. The van der Waals surface area contributed by atoms with Crippen molar-refractivity contribution in [1.82, 2.24) is 0 Å². The molecular weight excluding hydrogens is 263 g/mol. The molecule has 0 saturated heterocycles. The van der Waals surface area contributed by atoms with Gasteiger partial charge in [0.25, 0.3) is 6.43 Å². The molecule has 0 amide bonds. The van der Waals surface area contributed by atoms with Crippen molar-refractivity contribution in [3.05, 3.63) is 0 Å². The Kier molecular flexibility index (Phi) is 3.40. The molecule has 8 heteroatoms. The average molecular weight is 276 g/mol. The molecule has 1 unspecified atom stereocenters. The molecule has 1 saturated carbocycles. The van der Waals surface area contributed by atoms with Gasteiger partial charge in [0.1, 0.15) is 0 Å². The predicted molar refractivity (Wildman–Crippen MR) is 50.0 cm³/mol. The smallest absolute Gasteiger partial charge is 0.422 e. The Hall–Kier alpha value is -0.920. The van der Waals surface area contributed by atoms with Crippen LogP contribution in [0.15, 0.2) is 0 Å². The third-order valence-corrected chi connectivity index (χ3v) is 3.70. The molecule has 0 radical (unpaired) electrons. The molecule has 0 aromatic heterocycles. The molecule has 1 rings (SSSR count). The number of aliphatic carboxylic acids is 1. The normalized spacial score (nSPS) is 30.1. The van der Waals surface area contributed by atoms with Gasteiger partial charge in [0.05, 0.1) is 5.92 Å². The number of carboxylic acid groups (broad SMARTS) is 1. The Bertz CT molecular complexity index is 352. The van der Waals surface area contributed by atoms with E-state index in [1.807, 2.05) is 0 Å². The Balaban J connectivity index is 2.93. The van der Waals surface area contributed by atoms with E-state index in [1.165, 1.54) is 13.8 Å². The maximum atomic E-state index is 12.4. The lowest BCUT2D eigenvalue weighted by atomic mass is 9.93. The summed E-state index contributed by atoms with van der Waals surface area (Å²) in [6.45, 7) is 2.75. The first-order valence-electron chi connectivity index (χ1n) is 5.15. The number of hydrogen-bond acceptors (Lipinski definition) is 2. The van der Waals surface area contributed by atoms with E-state index in [0.717, 1.165) is 0 Å². The molecule has 0 aromatic rings. The van der Waals surface area contributed by atoms with Crippen LogP contribution in [-0.2, 0) is 4.79 Å². The van der Waals surface area contributed by atoms with Gasteiger partial charge in [-0.25, -0.2) is 8.78 Å². The molecule has 106 valence electrons. The summed E-state index contributed by atoms with van der Waals surface area (Å²) in [5.41, 5.74) is -5.18. The molecular formula is C10H13F5O3. The monoisotopic (exact) mass is 276 g/mol. The van der Waals surface area contributed by atoms with Crippen LogP contribution in [0.1, 0.15) is 20.3 Å². The number of hydrogen-bond donors (Lipinski definition) is 2. The third kappa shape index (κ3) is 2.17. The standard InChI is InChI=1S/C10H13F5O3/c1-8(2)4(5(8)6(16)17)3-9(18,7(11)12)10(13,14)15/h4-5,7,18H,3H2,1-2H3,(H,16,17)/t4-,5+,9?/m0/s1. The van der Waals surface area contributed by atoms with Gasteiger partial charge in [0.15, 0.2) is 0 Å². The molecule has 3 atom stereocenters. The second-order valence-corrected chi connectivity index (χ2v) is 5.17. The third-order valence-electron chi connectivity index (χ3n) is 3.70. The van der Waals surface area contributed by atoms with Crippen LogP contribution in [0.2, 0.25) is 0 Å². The fraction of sp³-hybridized carbons (Fsp3) is 0.900. The van der Waals surface area contributed by atoms with Crippen LogP contribution in [0.5, 0.6) is 0 Å². The highest BCUT2D eigenvalue weighted by molar-refractivity contribution is 5.75. The van der Waals surface area contributed by atoms with Crippen molar-refractivity contribution in [2.45, 2.75) is 38.5 Å². The number of rotatable bonds is 4. The van der Waals surface area contributed by atoms with E-state index in [1.54, 1.807) is 0 Å². The van der Waals surface area contributed by atoms with Gasteiger partial charge >= 0.3 is 12.1 Å². The molecule has 0 aliphatic heterocycles. The summed E-state index contributed by atoms with van der Waals surface area (Å²) < 4.78 is 62.2. The predicted octanol–water partition coefficient (Wildman–Crippen LogP) is 2.29. The van der Waals surface area contributed by atoms with Crippen LogP contribution >= 0.6 is 0 Å². The SMILES string of the molecule is CC1(C)[C@@H](CC(O)(C(F)F)C(F)(F)F)[C@@H]1C(=O)O. The number of carbonyl (C=O) groups is 1. The van der Waals surface area contributed by atoms with Gasteiger partial charge in [0.2, 0.25) is 5.60 Å². The van der Waals surface area contributed by atoms with Crippen molar-refractivity contribution < 1.29 is 37.0 Å².